The SMILES string of the molecule is Cc1onc(-c2ccc(F)cc2)c1-c1cn(-c2ccc(C(=O)NC3CCCC3)cc2)cn1. The van der Waals surface area contributed by atoms with E-state index in [0.29, 0.717) is 28.8 Å². The fourth-order valence-corrected chi connectivity index (χ4v) is 4.20. The van der Waals surface area contributed by atoms with E-state index in [1.807, 2.05) is 42.0 Å². The number of nitrogens with one attached hydrogen (secondary N) is 1. The predicted molar refractivity (Wildman–Crippen MR) is 119 cm³/mol. The molecule has 0 atom stereocenters. The Balaban J connectivity index is 1.38. The maximum atomic E-state index is 13.3. The largest absolute Gasteiger partial charge is 0.360 e. The average Bonchev–Trinajstić information content (AvgIpc) is 3.56. The van der Waals surface area contributed by atoms with E-state index in [9.17, 15) is 9.18 Å². The lowest BCUT2D eigenvalue weighted by atomic mass is 10.0. The van der Waals surface area contributed by atoms with Crippen molar-refractivity contribution >= 4 is 5.91 Å². The molecule has 6 nitrogen and oxygen atoms in total. The van der Waals surface area contributed by atoms with E-state index in [2.05, 4.69) is 15.5 Å². The summed E-state index contributed by atoms with van der Waals surface area (Å²) in [6, 6.07) is 13.9. The van der Waals surface area contributed by atoms with E-state index in [4.69, 9.17) is 4.52 Å². The van der Waals surface area contributed by atoms with Gasteiger partial charge in [0.15, 0.2) is 0 Å². The summed E-state index contributed by atoms with van der Waals surface area (Å²) in [6.45, 7) is 1.83. The van der Waals surface area contributed by atoms with Crippen molar-refractivity contribution in [3.05, 3.63) is 78.2 Å². The normalized spacial score (nSPS) is 14.1. The fraction of sp³-hybridized carbons (Fsp3) is 0.240. The first-order valence-corrected chi connectivity index (χ1v) is 10.8. The van der Waals surface area contributed by atoms with Gasteiger partial charge in [0.1, 0.15) is 17.3 Å². The van der Waals surface area contributed by atoms with Crippen LogP contribution in [0, 0.1) is 12.7 Å². The first-order valence-electron chi connectivity index (χ1n) is 10.8. The molecule has 2 heterocycles. The molecule has 1 amide bonds. The minimum Gasteiger partial charge on any atom is -0.360 e. The molecule has 4 aromatic rings. The Kier molecular flexibility index (Phi) is 5.31. The molecule has 0 radical (unpaired) electrons. The van der Waals surface area contributed by atoms with Crippen LogP contribution in [0.3, 0.4) is 0 Å². The molecule has 1 saturated carbocycles. The summed E-state index contributed by atoms with van der Waals surface area (Å²) in [5, 5.41) is 7.27. The monoisotopic (exact) mass is 430 g/mol. The highest BCUT2D eigenvalue weighted by Crippen LogP contribution is 2.33. The number of amides is 1. The number of nitrogens with zero attached hydrogens (tertiary/aromatic N) is 3. The fourth-order valence-electron chi connectivity index (χ4n) is 4.20. The number of aromatic nitrogens is 3. The van der Waals surface area contributed by atoms with Crippen LogP contribution in [-0.2, 0) is 0 Å². The average molecular weight is 430 g/mol. The summed E-state index contributed by atoms with van der Waals surface area (Å²) in [4.78, 5) is 17.0. The second-order valence-corrected chi connectivity index (χ2v) is 8.14. The topological polar surface area (TPSA) is 73.0 Å². The van der Waals surface area contributed by atoms with Crippen LogP contribution >= 0.6 is 0 Å². The van der Waals surface area contributed by atoms with E-state index < -0.39 is 0 Å². The molecule has 162 valence electrons. The molecule has 1 N–H and O–H groups in total. The second kappa shape index (κ2) is 8.42. The molecule has 32 heavy (non-hydrogen) atoms. The van der Waals surface area contributed by atoms with E-state index in [1.54, 1.807) is 18.5 Å². The number of aryl methyl sites for hydroxylation is 1. The number of halogens is 1. The van der Waals surface area contributed by atoms with Crippen molar-refractivity contribution in [2.45, 2.75) is 38.6 Å². The molecule has 7 heteroatoms. The minimum atomic E-state index is -0.305. The maximum absolute atomic E-state index is 13.3. The lowest BCUT2D eigenvalue weighted by Crippen LogP contribution is -2.32. The number of imidazole rings is 1. The van der Waals surface area contributed by atoms with Gasteiger partial charge >= 0.3 is 0 Å². The zero-order chi connectivity index (χ0) is 22.1. The van der Waals surface area contributed by atoms with Crippen LogP contribution < -0.4 is 5.32 Å². The molecule has 0 bridgehead atoms. The Hall–Kier alpha value is -3.74. The Bertz CT molecular complexity index is 1240. The molecule has 0 spiro atoms. The van der Waals surface area contributed by atoms with Gasteiger partial charge in [-0.1, -0.05) is 18.0 Å². The number of rotatable bonds is 5. The van der Waals surface area contributed by atoms with Crippen molar-refractivity contribution in [1.29, 1.82) is 0 Å². The molecule has 1 fully saturated rings. The molecule has 1 aliphatic carbocycles. The Morgan fingerprint density at radius 2 is 1.81 bits per heavy atom. The number of hydrogen-bond acceptors (Lipinski definition) is 4. The van der Waals surface area contributed by atoms with Crippen LogP contribution in [0.15, 0.2) is 65.6 Å². The molecule has 2 aromatic heterocycles. The minimum absolute atomic E-state index is 0.0289. The van der Waals surface area contributed by atoms with Crippen molar-refractivity contribution < 1.29 is 13.7 Å². The smallest absolute Gasteiger partial charge is 0.251 e. The van der Waals surface area contributed by atoms with Crippen LogP contribution in [-0.4, -0.2) is 26.7 Å². The summed E-state index contributed by atoms with van der Waals surface area (Å²) >= 11 is 0. The van der Waals surface area contributed by atoms with Gasteiger partial charge in [0.05, 0.1) is 17.6 Å². The third-order valence-corrected chi connectivity index (χ3v) is 5.94. The molecule has 1 aliphatic rings. The number of carbonyl (C=O) groups excluding carboxylic acids is 1. The Morgan fingerprint density at radius 1 is 1.09 bits per heavy atom. The zero-order valence-electron chi connectivity index (χ0n) is 17.7. The summed E-state index contributed by atoms with van der Waals surface area (Å²) < 4.78 is 20.6. The van der Waals surface area contributed by atoms with Crippen LogP contribution in [0.5, 0.6) is 0 Å². The Morgan fingerprint density at radius 3 is 2.53 bits per heavy atom. The van der Waals surface area contributed by atoms with E-state index in [1.165, 1.54) is 25.0 Å². The van der Waals surface area contributed by atoms with Gasteiger partial charge in [0.25, 0.3) is 5.91 Å². The van der Waals surface area contributed by atoms with Gasteiger partial charge in [0, 0.05) is 29.1 Å². The van der Waals surface area contributed by atoms with Crippen LogP contribution in [0.2, 0.25) is 0 Å². The lowest BCUT2D eigenvalue weighted by molar-refractivity contribution is 0.0938. The summed E-state index contributed by atoms with van der Waals surface area (Å²) in [6.07, 6.45) is 8.08. The second-order valence-electron chi connectivity index (χ2n) is 8.14. The third-order valence-electron chi connectivity index (χ3n) is 5.94. The van der Waals surface area contributed by atoms with Gasteiger partial charge < -0.3 is 14.4 Å². The van der Waals surface area contributed by atoms with Gasteiger partial charge in [-0.15, -0.1) is 0 Å². The van der Waals surface area contributed by atoms with Gasteiger partial charge in [-0.25, -0.2) is 9.37 Å². The summed E-state index contributed by atoms with van der Waals surface area (Å²) in [5.74, 6) is 0.299. The number of benzene rings is 2. The molecule has 0 aliphatic heterocycles. The highest BCUT2D eigenvalue weighted by Gasteiger charge is 2.20. The van der Waals surface area contributed by atoms with Crippen molar-refractivity contribution in [3.63, 3.8) is 0 Å². The van der Waals surface area contributed by atoms with Gasteiger partial charge in [0.2, 0.25) is 0 Å². The Labute approximate surface area is 185 Å². The van der Waals surface area contributed by atoms with Crippen LogP contribution in [0.25, 0.3) is 28.2 Å². The lowest BCUT2D eigenvalue weighted by Gasteiger charge is -2.12. The molecular formula is C25H23FN4O2. The highest BCUT2D eigenvalue weighted by atomic mass is 19.1. The van der Waals surface area contributed by atoms with Crippen LogP contribution in [0.1, 0.15) is 41.8 Å². The standard InChI is InChI=1S/C25H23FN4O2/c1-16-23(24(29-32-16)17-6-10-19(26)11-7-17)22-14-30(15-27-22)21-12-8-18(9-13-21)25(31)28-20-4-2-3-5-20/h6-15,20H,2-5H2,1H3,(H,28,31). The quantitative estimate of drug-likeness (QED) is 0.465. The van der Waals surface area contributed by atoms with Crippen molar-refractivity contribution in [3.8, 4) is 28.2 Å². The van der Waals surface area contributed by atoms with E-state index in [0.717, 1.165) is 29.7 Å². The van der Waals surface area contributed by atoms with Gasteiger partial charge in [-0.05, 0) is 68.3 Å². The summed E-state index contributed by atoms with van der Waals surface area (Å²) in [7, 11) is 0. The number of hydrogen-bond donors (Lipinski definition) is 1. The van der Waals surface area contributed by atoms with Gasteiger partial charge in [-0.3, -0.25) is 4.79 Å². The van der Waals surface area contributed by atoms with Crippen LogP contribution in [0.4, 0.5) is 4.39 Å². The number of carbonyl (C=O) groups is 1. The van der Waals surface area contributed by atoms with Crippen molar-refractivity contribution in [2.24, 2.45) is 0 Å². The van der Waals surface area contributed by atoms with E-state index >= 15 is 0 Å². The zero-order valence-corrected chi connectivity index (χ0v) is 17.7. The molecule has 0 saturated heterocycles. The van der Waals surface area contributed by atoms with Gasteiger partial charge in [-0.2, -0.15) is 0 Å². The van der Waals surface area contributed by atoms with E-state index in [-0.39, 0.29) is 11.7 Å². The van der Waals surface area contributed by atoms with Crippen molar-refractivity contribution in [2.75, 3.05) is 0 Å². The maximum Gasteiger partial charge on any atom is 0.251 e. The molecule has 0 unspecified atom stereocenters. The molecular weight excluding hydrogens is 407 g/mol. The van der Waals surface area contributed by atoms with Crippen molar-refractivity contribution in [1.82, 2.24) is 20.0 Å². The molecule has 5 rings (SSSR count). The molecule has 2 aromatic carbocycles. The third kappa shape index (κ3) is 3.93. The first-order chi connectivity index (χ1) is 15.6. The first kappa shape index (κ1) is 20.2. The summed E-state index contributed by atoms with van der Waals surface area (Å²) in [5.41, 5.74) is 4.37. The highest BCUT2D eigenvalue weighted by molar-refractivity contribution is 5.94. The predicted octanol–water partition coefficient (Wildman–Crippen LogP) is 5.31.